The van der Waals surface area contributed by atoms with E-state index in [-0.39, 0.29) is 5.84 Å². The van der Waals surface area contributed by atoms with Crippen LogP contribution in [0, 0.1) is 0 Å². The molecule has 0 aliphatic carbocycles. The molecule has 19 heavy (non-hydrogen) atoms. The van der Waals surface area contributed by atoms with E-state index >= 15 is 0 Å². The molecule has 106 valence electrons. The summed E-state index contributed by atoms with van der Waals surface area (Å²) in [5, 5.41) is 14.9. The third kappa shape index (κ3) is 6.17. The third-order valence-electron chi connectivity index (χ3n) is 2.73. The van der Waals surface area contributed by atoms with E-state index in [0.717, 1.165) is 44.5 Å². The summed E-state index contributed by atoms with van der Waals surface area (Å²) >= 11 is 0. The van der Waals surface area contributed by atoms with E-state index in [1.54, 1.807) is 13.3 Å². The summed E-state index contributed by atoms with van der Waals surface area (Å²) in [7, 11) is 1.72. The van der Waals surface area contributed by atoms with Gasteiger partial charge < -0.3 is 21.0 Å². The van der Waals surface area contributed by atoms with Gasteiger partial charge in [-0.2, -0.15) is 0 Å². The average molecular weight is 266 g/mol. The van der Waals surface area contributed by atoms with E-state index in [2.05, 4.69) is 15.5 Å². The first-order chi connectivity index (χ1) is 9.27. The molecule has 0 aliphatic rings. The lowest BCUT2D eigenvalue weighted by atomic mass is 10.2. The van der Waals surface area contributed by atoms with Gasteiger partial charge in [0.2, 0.25) is 0 Å². The Hall–Kier alpha value is -1.66. The van der Waals surface area contributed by atoms with Crippen molar-refractivity contribution in [2.24, 2.45) is 10.9 Å². The Morgan fingerprint density at radius 1 is 1.47 bits per heavy atom. The molecule has 0 atom stereocenters. The molecule has 4 N–H and O–H groups in total. The monoisotopic (exact) mass is 266 g/mol. The zero-order chi connectivity index (χ0) is 13.9. The van der Waals surface area contributed by atoms with Crippen LogP contribution in [0.4, 0.5) is 0 Å². The van der Waals surface area contributed by atoms with Crippen molar-refractivity contribution in [3.8, 4) is 0 Å². The fourth-order valence-electron chi connectivity index (χ4n) is 1.68. The lowest BCUT2D eigenvalue weighted by Crippen LogP contribution is -2.18. The van der Waals surface area contributed by atoms with Crippen LogP contribution in [0.3, 0.4) is 0 Å². The number of nitrogens with one attached hydrogen (secondary N) is 1. The Balaban J connectivity index is 2.26. The van der Waals surface area contributed by atoms with Crippen LogP contribution in [-0.4, -0.2) is 36.3 Å². The number of nitrogens with two attached hydrogens (primary N) is 1. The second-order valence-corrected chi connectivity index (χ2v) is 4.26. The summed E-state index contributed by atoms with van der Waals surface area (Å²) < 4.78 is 4.99. The quantitative estimate of drug-likeness (QED) is 0.204. The lowest BCUT2D eigenvalue weighted by molar-refractivity contribution is 0.192. The van der Waals surface area contributed by atoms with Crippen LogP contribution in [0.15, 0.2) is 23.5 Å². The van der Waals surface area contributed by atoms with E-state index in [9.17, 15) is 0 Å². The number of amidine groups is 1. The lowest BCUT2D eigenvalue weighted by Gasteiger charge is -2.06. The van der Waals surface area contributed by atoms with Crippen LogP contribution < -0.4 is 11.1 Å². The molecule has 0 saturated carbocycles. The van der Waals surface area contributed by atoms with Gasteiger partial charge in [-0.1, -0.05) is 5.16 Å². The Morgan fingerprint density at radius 2 is 2.32 bits per heavy atom. The smallest absolute Gasteiger partial charge is 0.188 e. The number of rotatable bonds is 9. The molecule has 0 unspecified atom stereocenters. The molecule has 0 aliphatic heterocycles. The van der Waals surface area contributed by atoms with Gasteiger partial charge in [0.05, 0.1) is 0 Å². The Bertz CT molecular complexity index is 396. The maximum Gasteiger partial charge on any atom is 0.188 e. The molecule has 0 spiro atoms. The van der Waals surface area contributed by atoms with E-state index in [1.807, 2.05) is 12.1 Å². The number of aromatic nitrogens is 1. The summed E-state index contributed by atoms with van der Waals surface area (Å²) in [6, 6.07) is 3.72. The molecule has 0 bridgehead atoms. The topological polar surface area (TPSA) is 92.8 Å². The fraction of sp³-hybridized carbons (Fsp3) is 0.538. The van der Waals surface area contributed by atoms with Gasteiger partial charge >= 0.3 is 0 Å². The van der Waals surface area contributed by atoms with Crippen LogP contribution >= 0.6 is 0 Å². The first kappa shape index (κ1) is 15.4. The van der Waals surface area contributed by atoms with Gasteiger partial charge in [0.25, 0.3) is 0 Å². The molecule has 0 aromatic carbocycles. The molecule has 1 rings (SSSR count). The zero-order valence-electron chi connectivity index (χ0n) is 11.3. The van der Waals surface area contributed by atoms with Gasteiger partial charge in [-0.15, -0.1) is 0 Å². The molecule has 6 nitrogen and oxygen atoms in total. The van der Waals surface area contributed by atoms with Crippen molar-refractivity contribution in [3.63, 3.8) is 0 Å². The van der Waals surface area contributed by atoms with Gasteiger partial charge in [-0.25, -0.2) is 0 Å². The molecule has 1 heterocycles. The van der Waals surface area contributed by atoms with E-state index < -0.39 is 0 Å². The molecule has 6 heteroatoms. The Labute approximate surface area is 113 Å². The minimum atomic E-state index is 0.0291. The van der Waals surface area contributed by atoms with Crippen LogP contribution in [0.25, 0.3) is 0 Å². The van der Waals surface area contributed by atoms with Crippen molar-refractivity contribution in [1.82, 2.24) is 10.3 Å². The summed E-state index contributed by atoms with van der Waals surface area (Å²) in [6.45, 7) is 2.54. The van der Waals surface area contributed by atoms with Gasteiger partial charge in [-0.05, 0) is 43.5 Å². The molecule has 0 radical (unpaired) electrons. The second kappa shape index (κ2) is 9.29. The molecular formula is C13H22N4O2. The molecule has 1 aromatic rings. The predicted octanol–water partition coefficient (Wildman–Crippen LogP) is 1.08. The highest BCUT2D eigenvalue weighted by Crippen LogP contribution is 2.02. The number of ether oxygens (including phenoxy) is 1. The summed E-state index contributed by atoms with van der Waals surface area (Å²) in [4.78, 5) is 4.03. The average Bonchev–Trinajstić information content (AvgIpc) is 2.46. The largest absolute Gasteiger partial charge is 0.409 e. The number of unbranched alkanes of at least 4 members (excludes halogenated alkanes) is 2. The van der Waals surface area contributed by atoms with Crippen molar-refractivity contribution in [2.45, 2.75) is 25.8 Å². The van der Waals surface area contributed by atoms with Crippen molar-refractivity contribution >= 4 is 5.84 Å². The number of pyridine rings is 1. The molecule has 0 saturated heterocycles. The number of methoxy groups -OCH3 is 1. The Morgan fingerprint density at radius 3 is 3.05 bits per heavy atom. The van der Waals surface area contributed by atoms with E-state index in [0.29, 0.717) is 5.69 Å². The molecule has 0 amide bonds. The van der Waals surface area contributed by atoms with E-state index in [4.69, 9.17) is 15.7 Å². The molecular weight excluding hydrogens is 244 g/mol. The second-order valence-electron chi connectivity index (χ2n) is 4.26. The Kier molecular flexibility index (Phi) is 7.53. The van der Waals surface area contributed by atoms with Crippen LogP contribution in [0.2, 0.25) is 0 Å². The summed E-state index contributed by atoms with van der Waals surface area (Å²) in [5.74, 6) is 0.0291. The predicted molar refractivity (Wildman–Crippen MR) is 74.2 cm³/mol. The van der Waals surface area contributed by atoms with Crippen LogP contribution in [-0.2, 0) is 11.3 Å². The summed E-state index contributed by atoms with van der Waals surface area (Å²) in [5.41, 5.74) is 7.04. The number of oxime groups is 1. The van der Waals surface area contributed by atoms with Gasteiger partial charge in [0.15, 0.2) is 5.84 Å². The van der Waals surface area contributed by atoms with Gasteiger partial charge in [0, 0.05) is 26.5 Å². The first-order valence-corrected chi connectivity index (χ1v) is 6.40. The minimum absolute atomic E-state index is 0.0291. The fourth-order valence-corrected chi connectivity index (χ4v) is 1.68. The van der Waals surface area contributed by atoms with Crippen LogP contribution in [0.1, 0.15) is 30.5 Å². The molecule has 1 aromatic heterocycles. The summed E-state index contributed by atoms with van der Waals surface area (Å²) in [6.07, 6.45) is 5.04. The van der Waals surface area contributed by atoms with Crippen LogP contribution in [0.5, 0.6) is 0 Å². The van der Waals surface area contributed by atoms with Crippen molar-refractivity contribution < 1.29 is 9.94 Å². The maximum absolute atomic E-state index is 8.59. The minimum Gasteiger partial charge on any atom is -0.409 e. The number of hydrogen-bond acceptors (Lipinski definition) is 5. The number of hydrogen-bond donors (Lipinski definition) is 3. The highest BCUT2D eigenvalue weighted by Gasteiger charge is 2.01. The SMILES string of the molecule is COCCCCCNCc1ccnc(/C(N)=N/O)c1. The van der Waals surface area contributed by atoms with Gasteiger partial charge in [0.1, 0.15) is 5.69 Å². The number of nitrogens with zero attached hydrogens (tertiary/aromatic N) is 2. The zero-order valence-corrected chi connectivity index (χ0v) is 11.3. The molecule has 0 fully saturated rings. The van der Waals surface area contributed by atoms with Crippen molar-refractivity contribution in [1.29, 1.82) is 0 Å². The normalized spacial score (nSPS) is 11.7. The van der Waals surface area contributed by atoms with Crippen molar-refractivity contribution in [2.75, 3.05) is 20.3 Å². The highest BCUT2D eigenvalue weighted by atomic mass is 16.5. The van der Waals surface area contributed by atoms with E-state index in [1.165, 1.54) is 0 Å². The van der Waals surface area contributed by atoms with Crippen molar-refractivity contribution in [3.05, 3.63) is 29.6 Å². The maximum atomic E-state index is 8.59. The third-order valence-corrected chi connectivity index (χ3v) is 2.73. The van der Waals surface area contributed by atoms with Gasteiger partial charge in [-0.3, -0.25) is 4.98 Å². The highest BCUT2D eigenvalue weighted by molar-refractivity contribution is 5.95. The standard InChI is InChI=1S/C13H22N4O2/c1-19-8-4-2-3-6-15-10-11-5-7-16-12(9-11)13(14)17-18/h5,7,9,15,18H,2-4,6,8,10H2,1H3,(H2,14,17). The first-order valence-electron chi connectivity index (χ1n) is 6.40.